The number of amides is 1. The van der Waals surface area contributed by atoms with Gasteiger partial charge in [-0.15, -0.1) is 0 Å². The molecule has 2 aromatic rings. The number of unbranched alkanes of at least 4 members (excludes halogenated alkanes) is 2. The molecule has 0 saturated carbocycles. The number of carbonyl (C=O) groups is 1. The smallest absolute Gasteiger partial charge is 0.226 e. The Balaban J connectivity index is 1.73. The molecule has 0 atom stereocenters. The van der Waals surface area contributed by atoms with E-state index in [0.717, 1.165) is 34.1 Å². The molecule has 0 saturated heterocycles. The Morgan fingerprint density at radius 3 is 2.48 bits per heavy atom. The van der Waals surface area contributed by atoms with Crippen LogP contribution in [0.5, 0.6) is 0 Å². The fraction of sp³-hybridized carbons (Fsp3) is 0.250. The summed E-state index contributed by atoms with van der Waals surface area (Å²) in [5.74, 6) is 6.47. The van der Waals surface area contributed by atoms with E-state index in [1.807, 2.05) is 61.6 Å². The summed E-state index contributed by atoms with van der Waals surface area (Å²) in [7, 11) is 1.84. The number of carbonyl (C=O) groups excluding carboxylic acids is 1. The van der Waals surface area contributed by atoms with E-state index in [0.29, 0.717) is 6.42 Å². The molecule has 23 heavy (non-hydrogen) atoms. The molecule has 0 bridgehead atoms. The fourth-order valence-electron chi connectivity index (χ4n) is 2.20. The van der Waals surface area contributed by atoms with Gasteiger partial charge in [0, 0.05) is 29.0 Å². The standard InChI is InChI=1S/C20H20INO/c1-22(19-15-10-9-14-18(19)21)20(23)16-8-3-2-5-11-17-12-6-4-7-13-17/h4,6-7,9-10,12-15H,2-3,8,16H2,1H3. The molecule has 0 unspecified atom stereocenters. The van der Waals surface area contributed by atoms with Gasteiger partial charge in [0.15, 0.2) is 0 Å². The van der Waals surface area contributed by atoms with Crippen molar-refractivity contribution in [3.63, 3.8) is 0 Å². The molecular weight excluding hydrogens is 397 g/mol. The Morgan fingerprint density at radius 1 is 1.04 bits per heavy atom. The predicted molar refractivity (Wildman–Crippen MR) is 104 cm³/mol. The molecule has 1 amide bonds. The predicted octanol–water partition coefficient (Wildman–Crippen LogP) is 4.87. The number of para-hydroxylation sites is 1. The van der Waals surface area contributed by atoms with E-state index in [2.05, 4.69) is 34.4 Å². The summed E-state index contributed by atoms with van der Waals surface area (Å²) in [6.45, 7) is 0. The molecule has 3 heteroatoms. The first kappa shape index (κ1) is 17.6. The molecular formula is C20H20INO. The van der Waals surface area contributed by atoms with Crippen LogP contribution in [0.15, 0.2) is 54.6 Å². The summed E-state index contributed by atoms with van der Waals surface area (Å²) in [5, 5.41) is 0. The summed E-state index contributed by atoms with van der Waals surface area (Å²) in [6, 6.07) is 17.9. The van der Waals surface area contributed by atoms with Crippen LogP contribution in [0, 0.1) is 15.4 Å². The number of rotatable bonds is 5. The van der Waals surface area contributed by atoms with Crippen molar-refractivity contribution in [1.29, 1.82) is 0 Å². The molecule has 0 aliphatic carbocycles. The molecule has 0 fully saturated rings. The summed E-state index contributed by atoms with van der Waals surface area (Å²) in [6.07, 6.45) is 3.21. The highest BCUT2D eigenvalue weighted by molar-refractivity contribution is 14.1. The SMILES string of the molecule is CN(C(=O)CCCCC#Cc1ccccc1)c1ccccc1I. The molecule has 0 heterocycles. The number of anilines is 1. The Hall–Kier alpha value is -1.80. The van der Waals surface area contributed by atoms with Gasteiger partial charge in [-0.3, -0.25) is 4.79 Å². The van der Waals surface area contributed by atoms with Gasteiger partial charge in [0.25, 0.3) is 0 Å². The average Bonchev–Trinajstić information content (AvgIpc) is 2.58. The van der Waals surface area contributed by atoms with Crippen LogP contribution in [0.2, 0.25) is 0 Å². The van der Waals surface area contributed by atoms with Crippen LogP contribution in [0.4, 0.5) is 5.69 Å². The highest BCUT2D eigenvalue weighted by Crippen LogP contribution is 2.21. The lowest BCUT2D eigenvalue weighted by Crippen LogP contribution is -2.26. The van der Waals surface area contributed by atoms with Crippen LogP contribution in [-0.2, 0) is 4.79 Å². The first-order valence-corrected chi connectivity index (χ1v) is 8.81. The van der Waals surface area contributed by atoms with E-state index >= 15 is 0 Å². The quantitative estimate of drug-likeness (QED) is 0.386. The zero-order valence-corrected chi connectivity index (χ0v) is 15.4. The van der Waals surface area contributed by atoms with Crippen molar-refractivity contribution in [3.05, 3.63) is 63.7 Å². The molecule has 0 aliphatic heterocycles. The summed E-state index contributed by atoms with van der Waals surface area (Å²) < 4.78 is 1.09. The third kappa shape index (κ3) is 5.72. The van der Waals surface area contributed by atoms with E-state index in [1.54, 1.807) is 4.90 Å². The molecule has 2 aromatic carbocycles. The third-order valence-corrected chi connectivity index (χ3v) is 4.45. The lowest BCUT2D eigenvalue weighted by Gasteiger charge is -2.18. The number of hydrogen-bond acceptors (Lipinski definition) is 1. The Morgan fingerprint density at radius 2 is 1.74 bits per heavy atom. The Bertz CT molecular complexity index is 700. The van der Waals surface area contributed by atoms with E-state index in [-0.39, 0.29) is 5.91 Å². The van der Waals surface area contributed by atoms with Gasteiger partial charge in [-0.25, -0.2) is 0 Å². The minimum Gasteiger partial charge on any atom is -0.314 e. The van der Waals surface area contributed by atoms with Crippen molar-refractivity contribution in [2.45, 2.75) is 25.7 Å². The largest absolute Gasteiger partial charge is 0.314 e. The van der Waals surface area contributed by atoms with E-state index in [1.165, 1.54) is 0 Å². The maximum atomic E-state index is 12.2. The first-order chi connectivity index (χ1) is 11.2. The van der Waals surface area contributed by atoms with E-state index in [9.17, 15) is 4.79 Å². The molecule has 0 aliphatic rings. The van der Waals surface area contributed by atoms with Gasteiger partial charge in [0.2, 0.25) is 5.91 Å². The zero-order chi connectivity index (χ0) is 16.5. The second-order valence-corrected chi connectivity index (χ2v) is 6.44. The minimum atomic E-state index is 0.158. The van der Waals surface area contributed by atoms with Crippen LogP contribution < -0.4 is 4.90 Å². The highest BCUT2D eigenvalue weighted by Gasteiger charge is 2.12. The summed E-state index contributed by atoms with van der Waals surface area (Å²) in [4.78, 5) is 14.0. The van der Waals surface area contributed by atoms with Crippen molar-refractivity contribution >= 4 is 34.2 Å². The van der Waals surface area contributed by atoms with Crippen LogP contribution >= 0.6 is 22.6 Å². The van der Waals surface area contributed by atoms with E-state index in [4.69, 9.17) is 0 Å². The lowest BCUT2D eigenvalue weighted by molar-refractivity contribution is -0.118. The van der Waals surface area contributed by atoms with Crippen LogP contribution in [0.25, 0.3) is 0 Å². The van der Waals surface area contributed by atoms with Gasteiger partial charge < -0.3 is 4.90 Å². The molecule has 0 N–H and O–H groups in total. The van der Waals surface area contributed by atoms with Gasteiger partial charge in [-0.2, -0.15) is 0 Å². The minimum absolute atomic E-state index is 0.158. The topological polar surface area (TPSA) is 20.3 Å². The number of hydrogen-bond donors (Lipinski definition) is 0. The van der Waals surface area contributed by atoms with Crippen molar-refractivity contribution in [2.24, 2.45) is 0 Å². The molecule has 2 rings (SSSR count). The zero-order valence-electron chi connectivity index (χ0n) is 13.3. The maximum absolute atomic E-state index is 12.2. The monoisotopic (exact) mass is 417 g/mol. The van der Waals surface area contributed by atoms with Crippen LogP contribution in [0.1, 0.15) is 31.2 Å². The van der Waals surface area contributed by atoms with Crippen molar-refractivity contribution in [1.82, 2.24) is 0 Å². The van der Waals surface area contributed by atoms with Crippen molar-refractivity contribution in [2.75, 3.05) is 11.9 Å². The van der Waals surface area contributed by atoms with Gasteiger partial charge in [-0.05, 0) is 59.7 Å². The highest BCUT2D eigenvalue weighted by atomic mass is 127. The van der Waals surface area contributed by atoms with Gasteiger partial charge in [0.1, 0.15) is 0 Å². The third-order valence-electron chi connectivity index (χ3n) is 3.54. The first-order valence-electron chi connectivity index (χ1n) is 7.73. The second kappa shape index (κ2) is 9.36. The van der Waals surface area contributed by atoms with Crippen LogP contribution in [-0.4, -0.2) is 13.0 Å². The Kier molecular flexibility index (Phi) is 7.15. The molecule has 2 nitrogen and oxygen atoms in total. The van der Waals surface area contributed by atoms with Gasteiger partial charge >= 0.3 is 0 Å². The average molecular weight is 417 g/mol. The number of halogens is 1. The Labute approximate surface area is 152 Å². The molecule has 0 spiro atoms. The maximum Gasteiger partial charge on any atom is 0.226 e. The summed E-state index contributed by atoms with van der Waals surface area (Å²) in [5.41, 5.74) is 2.02. The second-order valence-electron chi connectivity index (χ2n) is 5.28. The fourth-order valence-corrected chi connectivity index (χ4v) is 2.95. The van der Waals surface area contributed by atoms with E-state index < -0.39 is 0 Å². The normalized spacial score (nSPS) is 9.83. The lowest BCUT2D eigenvalue weighted by atomic mass is 10.1. The van der Waals surface area contributed by atoms with Gasteiger partial charge in [-0.1, -0.05) is 42.2 Å². The summed E-state index contributed by atoms with van der Waals surface area (Å²) >= 11 is 2.26. The van der Waals surface area contributed by atoms with Crippen molar-refractivity contribution in [3.8, 4) is 11.8 Å². The number of nitrogens with zero attached hydrogens (tertiary/aromatic N) is 1. The van der Waals surface area contributed by atoms with Crippen molar-refractivity contribution < 1.29 is 4.79 Å². The van der Waals surface area contributed by atoms with Gasteiger partial charge in [0.05, 0.1) is 5.69 Å². The molecule has 118 valence electrons. The number of benzene rings is 2. The molecule has 0 radical (unpaired) electrons. The van der Waals surface area contributed by atoms with Crippen LogP contribution in [0.3, 0.4) is 0 Å². The molecule has 0 aromatic heterocycles.